The Bertz CT molecular complexity index is 702. The molecule has 24 heavy (non-hydrogen) atoms. The molecule has 1 atom stereocenters. The summed E-state index contributed by atoms with van der Waals surface area (Å²) in [6.07, 6.45) is 4.01. The van der Waals surface area contributed by atoms with Crippen molar-refractivity contribution in [1.82, 2.24) is 9.88 Å². The van der Waals surface area contributed by atoms with Crippen molar-refractivity contribution in [3.8, 4) is 0 Å². The van der Waals surface area contributed by atoms with E-state index in [2.05, 4.69) is 4.98 Å². The number of hydrogen-bond donors (Lipinski definition) is 1. The van der Waals surface area contributed by atoms with Crippen LogP contribution in [0.4, 0.5) is 4.39 Å². The van der Waals surface area contributed by atoms with Gasteiger partial charge in [0.2, 0.25) is 0 Å². The third-order valence-electron chi connectivity index (χ3n) is 4.42. The van der Waals surface area contributed by atoms with Gasteiger partial charge in [-0.25, -0.2) is 9.37 Å². The van der Waals surface area contributed by atoms with Gasteiger partial charge in [-0.2, -0.15) is 0 Å². The summed E-state index contributed by atoms with van der Waals surface area (Å²) in [7, 11) is 0. The van der Waals surface area contributed by atoms with E-state index in [-0.39, 0.29) is 24.4 Å². The van der Waals surface area contributed by atoms with Crippen LogP contribution in [0.5, 0.6) is 0 Å². The van der Waals surface area contributed by atoms with Gasteiger partial charge in [-0.1, -0.05) is 18.2 Å². The lowest BCUT2D eigenvalue weighted by Gasteiger charge is -2.35. The zero-order valence-corrected chi connectivity index (χ0v) is 14.3. The molecule has 1 fully saturated rings. The van der Waals surface area contributed by atoms with E-state index in [0.29, 0.717) is 30.6 Å². The number of likely N-dealkylation sites (tertiary alicyclic amines) is 1. The standard InChI is InChI=1S/C18H21FN2O2S/c19-15-7-2-1-5-13(15)11-17-20-16(12-24-17)18(23)21-9-4-3-6-14(21)8-10-22/h1-2,5,7,12,14,22H,3-4,6,8-11H2. The SMILES string of the molecule is O=C(c1csc(Cc2ccccc2F)n1)N1CCCCC1CCO. The number of piperidine rings is 1. The molecule has 1 aromatic carbocycles. The topological polar surface area (TPSA) is 53.4 Å². The van der Waals surface area contributed by atoms with Crippen LogP contribution in [0.2, 0.25) is 0 Å². The summed E-state index contributed by atoms with van der Waals surface area (Å²) in [5.41, 5.74) is 1.01. The highest BCUT2D eigenvalue weighted by Crippen LogP contribution is 2.23. The molecule has 0 spiro atoms. The number of rotatable bonds is 5. The fraction of sp³-hybridized carbons (Fsp3) is 0.444. The highest BCUT2D eigenvalue weighted by atomic mass is 32.1. The molecular weight excluding hydrogens is 327 g/mol. The largest absolute Gasteiger partial charge is 0.396 e. The summed E-state index contributed by atoms with van der Waals surface area (Å²) in [5.74, 6) is -0.330. The van der Waals surface area contributed by atoms with E-state index in [9.17, 15) is 14.3 Å². The van der Waals surface area contributed by atoms with Crippen molar-refractivity contribution in [2.24, 2.45) is 0 Å². The maximum absolute atomic E-state index is 13.7. The first-order valence-electron chi connectivity index (χ1n) is 8.28. The van der Waals surface area contributed by atoms with Gasteiger partial charge in [0.25, 0.3) is 5.91 Å². The molecule has 1 aliphatic rings. The molecule has 0 saturated carbocycles. The van der Waals surface area contributed by atoms with Crippen LogP contribution in [0.3, 0.4) is 0 Å². The van der Waals surface area contributed by atoms with E-state index in [1.165, 1.54) is 17.4 Å². The third kappa shape index (κ3) is 3.82. The van der Waals surface area contributed by atoms with Gasteiger partial charge in [0, 0.05) is 31.0 Å². The molecule has 0 radical (unpaired) electrons. The average molecular weight is 348 g/mol. The molecule has 2 heterocycles. The molecule has 1 aromatic heterocycles. The number of hydrogen-bond acceptors (Lipinski definition) is 4. The third-order valence-corrected chi connectivity index (χ3v) is 5.27. The predicted octanol–water partition coefficient (Wildman–Crippen LogP) is 3.25. The Balaban J connectivity index is 1.72. The number of aliphatic hydroxyl groups is 1. The van der Waals surface area contributed by atoms with E-state index < -0.39 is 0 Å². The van der Waals surface area contributed by atoms with Gasteiger partial charge in [0.15, 0.2) is 0 Å². The van der Waals surface area contributed by atoms with Gasteiger partial charge in [-0.05, 0) is 37.3 Å². The van der Waals surface area contributed by atoms with Crippen LogP contribution in [0.25, 0.3) is 0 Å². The van der Waals surface area contributed by atoms with Crippen LogP contribution >= 0.6 is 11.3 Å². The first kappa shape index (κ1) is 17.0. The molecule has 1 saturated heterocycles. The molecule has 1 aliphatic heterocycles. The summed E-state index contributed by atoms with van der Waals surface area (Å²) >= 11 is 1.39. The van der Waals surface area contributed by atoms with Gasteiger partial charge in [-0.15, -0.1) is 11.3 Å². The highest BCUT2D eigenvalue weighted by Gasteiger charge is 2.28. The van der Waals surface area contributed by atoms with Crippen LogP contribution < -0.4 is 0 Å². The van der Waals surface area contributed by atoms with Gasteiger partial charge in [-0.3, -0.25) is 4.79 Å². The molecule has 4 nitrogen and oxygen atoms in total. The molecule has 1 unspecified atom stereocenters. The number of aliphatic hydroxyl groups excluding tert-OH is 1. The fourth-order valence-corrected chi connectivity index (χ4v) is 3.95. The number of aromatic nitrogens is 1. The maximum atomic E-state index is 13.7. The number of halogens is 1. The zero-order chi connectivity index (χ0) is 16.9. The fourth-order valence-electron chi connectivity index (χ4n) is 3.16. The Labute approximate surface area is 145 Å². The second kappa shape index (κ2) is 7.85. The quantitative estimate of drug-likeness (QED) is 0.902. The Morgan fingerprint density at radius 2 is 2.21 bits per heavy atom. The molecule has 3 rings (SSSR count). The van der Waals surface area contributed by atoms with E-state index in [1.54, 1.807) is 23.6 Å². The minimum atomic E-state index is -0.250. The lowest BCUT2D eigenvalue weighted by atomic mass is 9.99. The summed E-state index contributed by atoms with van der Waals surface area (Å²) in [6.45, 7) is 0.799. The Hall–Kier alpha value is -1.79. The number of thiazole rings is 1. The average Bonchev–Trinajstić information content (AvgIpc) is 3.06. The number of nitrogens with zero attached hydrogens (tertiary/aromatic N) is 2. The lowest BCUT2D eigenvalue weighted by Crippen LogP contribution is -2.44. The minimum absolute atomic E-state index is 0.0795. The van der Waals surface area contributed by atoms with Crippen molar-refractivity contribution in [1.29, 1.82) is 0 Å². The summed E-state index contributed by atoms with van der Waals surface area (Å²) < 4.78 is 13.7. The van der Waals surface area contributed by atoms with Crippen molar-refractivity contribution in [3.63, 3.8) is 0 Å². The second-order valence-corrected chi connectivity index (χ2v) is 7.00. The lowest BCUT2D eigenvalue weighted by molar-refractivity contribution is 0.0569. The van der Waals surface area contributed by atoms with Crippen LogP contribution in [0, 0.1) is 5.82 Å². The van der Waals surface area contributed by atoms with Crippen LogP contribution in [0.15, 0.2) is 29.6 Å². The van der Waals surface area contributed by atoms with Crippen molar-refractivity contribution < 1.29 is 14.3 Å². The van der Waals surface area contributed by atoms with Crippen LogP contribution in [-0.4, -0.2) is 40.1 Å². The summed E-state index contributed by atoms with van der Waals surface area (Å²) in [4.78, 5) is 19.0. The summed E-state index contributed by atoms with van der Waals surface area (Å²) in [5, 5.41) is 11.7. The minimum Gasteiger partial charge on any atom is -0.396 e. The molecule has 0 bridgehead atoms. The van der Waals surface area contributed by atoms with Crippen LogP contribution in [0.1, 0.15) is 46.7 Å². The van der Waals surface area contributed by atoms with Gasteiger partial charge >= 0.3 is 0 Å². The first-order valence-corrected chi connectivity index (χ1v) is 9.16. The van der Waals surface area contributed by atoms with E-state index in [0.717, 1.165) is 24.3 Å². The molecule has 2 aromatic rings. The number of amides is 1. The van der Waals surface area contributed by atoms with Crippen molar-refractivity contribution in [2.45, 2.75) is 38.1 Å². The summed E-state index contributed by atoms with van der Waals surface area (Å²) in [6, 6.07) is 6.72. The predicted molar refractivity (Wildman–Crippen MR) is 91.7 cm³/mol. The number of carbonyl (C=O) groups is 1. The first-order chi connectivity index (χ1) is 11.7. The van der Waals surface area contributed by atoms with Gasteiger partial charge in [0.05, 0.1) is 5.01 Å². The monoisotopic (exact) mass is 348 g/mol. The molecule has 6 heteroatoms. The van der Waals surface area contributed by atoms with Crippen molar-refractivity contribution >= 4 is 17.2 Å². The Morgan fingerprint density at radius 3 is 3.00 bits per heavy atom. The van der Waals surface area contributed by atoms with E-state index >= 15 is 0 Å². The van der Waals surface area contributed by atoms with E-state index in [1.807, 2.05) is 4.90 Å². The van der Waals surface area contributed by atoms with Gasteiger partial charge in [0.1, 0.15) is 11.5 Å². The van der Waals surface area contributed by atoms with Gasteiger partial charge < -0.3 is 10.0 Å². The number of benzene rings is 1. The molecule has 0 aliphatic carbocycles. The second-order valence-electron chi connectivity index (χ2n) is 6.06. The molecular formula is C18H21FN2O2S. The number of carbonyl (C=O) groups excluding carboxylic acids is 1. The molecule has 1 amide bonds. The maximum Gasteiger partial charge on any atom is 0.273 e. The molecule has 128 valence electrons. The zero-order valence-electron chi connectivity index (χ0n) is 13.4. The Morgan fingerprint density at radius 1 is 1.38 bits per heavy atom. The van der Waals surface area contributed by atoms with E-state index in [4.69, 9.17) is 0 Å². The normalized spacial score (nSPS) is 17.9. The van der Waals surface area contributed by atoms with Crippen LogP contribution in [-0.2, 0) is 6.42 Å². The molecule has 1 N–H and O–H groups in total. The Kier molecular flexibility index (Phi) is 5.58. The van der Waals surface area contributed by atoms with Crippen molar-refractivity contribution in [2.75, 3.05) is 13.2 Å². The van der Waals surface area contributed by atoms with Crippen molar-refractivity contribution in [3.05, 3.63) is 51.7 Å². The highest BCUT2D eigenvalue weighted by molar-refractivity contribution is 7.09. The smallest absolute Gasteiger partial charge is 0.273 e.